The molecule has 0 heterocycles. The van der Waals surface area contributed by atoms with E-state index in [0.29, 0.717) is 23.0 Å². The number of fused-ring (bicyclic) bond motifs is 1. The Morgan fingerprint density at radius 1 is 1.00 bits per heavy atom. The van der Waals surface area contributed by atoms with Crippen LogP contribution in [0.4, 0.5) is 0 Å². The Balaban J connectivity index is 2.59. The highest BCUT2D eigenvalue weighted by Crippen LogP contribution is 2.55. The van der Waals surface area contributed by atoms with E-state index in [1.54, 1.807) is 0 Å². The van der Waals surface area contributed by atoms with Gasteiger partial charge >= 0.3 is 0 Å². The zero-order chi connectivity index (χ0) is 14.6. The van der Waals surface area contributed by atoms with E-state index in [-0.39, 0.29) is 5.41 Å². The summed E-state index contributed by atoms with van der Waals surface area (Å²) in [6.07, 6.45) is 1.10. The molecule has 2 unspecified atom stereocenters. The minimum Gasteiger partial charge on any atom is -0.508 e. The quantitative estimate of drug-likeness (QED) is 0.692. The Kier molecular flexibility index (Phi) is 3.24. The topological polar surface area (TPSA) is 20.2 Å². The molecule has 0 bridgehead atoms. The van der Waals surface area contributed by atoms with Crippen molar-refractivity contribution in [1.29, 1.82) is 0 Å². The van der Waals surface area contributed by atoms with Gasteiger partial charge in [-0.3, -0.25) is 0 Å². The molecule has 0 radical (unpaired) electrons. The van der Waals surface area contributed by atoms with Crippen molar-refractivity contribution in [2.75, 3.05) is 0 Å². The molecule has 2 rings (SSSR count). The molecule has 1 N–H and O–H groups in total. The average molecular weight is 260 g/mol. The van der Waals surface area contributed by atoms with E-state index < -0.39 is 0 Å². The van der Waals surface area contributed by atoms with E-state index in [1.165, 1.54) is 11.1 Å². The number of hydrogen-bond acceptors (Lipinski definition) is 1. The van der Waals surface area contributed by atoms with Crippen LogP contribution in [0, 0.1) is 23.7 Å². The van der Waals surface area contributed by atoms with Crippen LogP contribution in [-0.2, 0) is 6.42 Å². The maximum atomic E-state index is 9.96. The SMILES string of the molecule is Cc1c(O)ccc2c1CC(C(C)(C)C)C2C(C)(C)C. The molecule has 2 atom stereocenters. The Hall–Kier alpha value is -0.980. The number of benzene rings is 1. The third-order valence-corrected chi connectivity index (χ3v) is 4.81. The Bertz CT molecular complexity index is 486. The molecule has 19 heavy (non-hydrogen) atoms. The summed E-state index contributed by atoms with van der Waals surface area (Å²) in [5.74, 6) is 1.66. The first kappa shape index (κ1) is 14.4. The van der Waals surface area contributed by atoms with E-state index in [2.05, 4.69) is 54.5 Å². The zero-order valence-electron chi connectivity index (χ0n) is 13.5. The summed E-state index contributed by atoms with van der Waals surface area (Å²) in [6, 6.07) is 4.03. The largest absolute Gasteiger partial charge is 0.508 e. The molecule has 0 fully saturated rings. The van der Waals surface area contributed by atoms with Crippen molar-refractivity contribution in [3.05, 3.63) is 28.8 Å². The third-order valence-electron chi connectivity index (χ3n) is 4.81. The molecular formula is C18H28O. The summed E-state index contributed by atoms with van der Waals surface area (Å²) in [5, 5.41) is 9.96. The van der Waals surface area contributed by atoms with Gasteiger partial charge in [-0.15, -0.1) is 0 Å². The lowest BCUT2D eigenvalue weighted by Crippen LogP contribution is -2.31. The summed E-state index contributed by atoms with van der Waals surface area (Å²) in [6.45, 7) is 16.1. The van der Waals surface area contributed by atoms with Crippen molar-refractivity contribution >= 4 is 0 Å². The van der Waals surface area contributed by atoms with Crippen molar-refractivity contribution in [3.8, 4) is 5.75 Å². The van der Waals surface area contributed by atoms with E-state index in [0.717, 1.165) is 12.0 Å². The van der Waals surface area contributed by atoms with Crippen LogP contribution in [0.15, 0.2) is 12.1 Å². The van der Waals surface area contributed by atoms with Gasteiger partial charge in [0.15, 0.2) is 0 Å². The first-order valence-electron chi connectivity index (χ1n) is 7.35. The maximum Gasteiger partial charge on any atom is 0.118 e. The molecule has 0 saturated carbocycles. The van der Waals surface area contributed by atoms with Crippen molar-refractivity contribution in [3.63, 3.8) is 0 Å². The monoisotopic (exact) mass is 260 g/mol. The van der Waals surface area contributed by atoms with Gasteiger partial charge in [0.25, 0.3) is 0 Å². The van der Waals surface area contributed by atoms with Gasteiger partial charge in [0.05, 0.1) is 0 Å². The Labute approximate surface area is 118 Å². The van der Waals surface area contributed by atoms with Gasteiger partial charge in [-0.1, -0.05) is 47.6 Å². The van der Waals surface area contributed by atoms with Crippen LogP contribution in [0.3, 0.4) is 0 Å². The van der Waals surface area contributed by atoms with E-state index >= 15 is 0 Å². The second-order valence-electron chi connectivity index (χ2n) is 8.30. The molecule has 1 aliphatic carbocycles. The fourth-order valence-corrected chi connectivity index (χ4v) is 3.76. The molecule has 0 saturated heterocycles. The summed E-state index contributed by atoms with van der Waals surface area (Å²) in [5.41, 5.74) is 4.48. The molecule has 1 heteroatoms. The van der Waals surface area contributed by atoms with Crippen molar-refractivity contribution in [2.24, 2.45) is 16.7 Å². The van der Waals surface area contributed by atoms with Gasteiger partial charge in [-0.25, -0.2) is 0 Å². The highest BCUT2D eigenvalue weighted by atomic mass is 16.3. The van der Waals surface area contributed by atoms with Gasteiger partial charge in [0.2, 0.25) is 0 Å². The van der Waals surface area contributed by atoms with Gasteiger partial charge in [0, 0.05) is 0 Å². The molecular weight excluding hydrogens is 232 g/mol. The predicted octanol–water partition coefficient (Wildman–Crippen LogP) is 5.05. The predicted molar refractivity (Wildman–Crippen MR) is 81.7 cm³/mol. The minimum atomic E-state index is 0.257. The van der Waals surface area contributed by atoms with Crippen LogP contribution in [0.5, 0.6) is 5.75 Å². The summed E-state index contributed by atoms with van der Waals surface area (Å²) in [4.78, 5) is 0. The van der Waals surface area contributed by atoms with Crippen LogP contribution in [0.25, 0.3) is 0 Å². The summed E-state index contributed by atoms with van der Waals surface area (Å²) in [7, 11) is 0. The highest BCUT2D eigenvalue weighted by molar-refractivity contribution is 5.49. The molecule has 0 aromatic heterocycles. The molecule has 1 aliphatic rings. The lowest BCUT2D eigenvalue weighted by atomic mass is 9.65. The van der Waals surface area contributed by atoms with Crippen molar-refractivity contribution in [2.45, 2.75) is 60.8 Å². The fraction of sp³-hybridized carbons (Fsp3) is 0.667. The van der Waals surface area contributed by atoms with E-state index in [9.17, 15) is 5.11 Å². The second kappa shape index (κ2) is 4.26. The zero-order valence-corrected chi connectivity index (χ0v) is 13.5. The molecule has 0 amide bonds. The molecule has 1 aromatic carbocycles. The molecule has 0 spiro atoms. The van der Waals surface area contributed by atoms with E-state index in [1.807, 2.05) is 6.07 Å². The molecule has 106 valence electrons. The summed E-state index contributed by atoms with van der Waals surface area (Å²) >= 11 is 0. The number of phenolic OH excluding ortho intramolecular Hbond substituents is 1. The van der Waals surface area contributed by atoms with Gasteiger partial charge < -0.3 is 5.11 Å². The number of phenols is 1. The van der Waals surface area contributed by atoms with E-state index in [4.69, 9.17) is 0 Å². The highest BCUT2D eigenvalue weighted by Gasteiger charge is 2.45. The third kappa shape index (κ3) is 2.40. The smallest absolute Gasteiger partial charge is 0.118 e. The first-order chi connectivity index (χ1) is 8.53. The number of aromatic hydroxyl groups is 1. The average Bonchev–Trinajstić information content (AvgIpc) is 2.62. The summed E-state index contributed by atoms with van der Waals surface area (Å²) < 4.78 is 0. The van der Waals surface area contributed by atoms with Crippen LogP contribution in [-0.4, -0.2) is 5.11 Å². The van der Waals surface area contributed by atoms with Gasteiger partial charge in [-0.05, 0) is 58.8 Å². The van der Waals surface area contributed by atoms with Crippen molar-refractivity contribution < 1.29 is 5.11 Å². The minimum absolute atomic E-state index is 0.257. The second-order valence-corrected chi connectivity index (χ2v) is 8.30. The van der Waals surface area contributed by atoms with Gasteiger partial charge in [0.1, 0.15) is 5.75 Å². The van der Waals surface area contributed by atoms with Crippen molar-refractivity contribution in [1.82, 2.24) is 0 Å². The molecule has 1 nitrogen and oxygen atoms in total. The lowest BCUT2D eigenvalue weighted by molar-refractivity contribution is 0.142. The van der Waals surface area contributed by atoms with Crippen LogP contribution >= 0.6 is 0 Å². The fourth-order valence-electron chi connectivity index (χ4n) is 3.76. The molecule has 0 aliphatic heterocycles. The maximum absolute atomic E-state index is 9.96. The number of hydrogen-bond donors (Lipinski definition) is 1. The molecule has 1 aromatic rings. The standard InChI is InChI=1S/C18H28O/c1-11-13-10-14(17(2,3)4)16(18(5,6)7)12(13)8-9-15(11)19/h8-9,14,16,19H,10H2,1-7H3. The Morgan fingerprint density at radius 2 is 1.58 bits per heavy atom. The normalized spacial score (nSPS) is 23.5. The lowest BCUT2D eigenvalue weighted by Gasteiger charge is -2.40. The van der Waals surface area contributed by atoms with Crippen LogP contribution in [0.2, 0.25) is 0 Å². The van der Waals surface area contributed by atoms with Crippen LogP contribution < -0.4 is 0 Å². The van der Waals surface area contributed by atoms with Crippen LogP contribution in [0.1, 0.15) is 64.2 Å². The number of rotatable bonds is 0. The van der Waals surface area contributed by atoms with Gasteiger partial charge in [-0.2, -0.15) is 0 Å². The first-order valence-corrected chi connectivity index (χ1v) is 7.35. The Morgan fingerprint density at radius 3 is 2.05 bits per heavy atom.